The van der Waals surface area contributed by atoms with E-state index >= 15 is 0 Å². The molecule has 0 aromatic carbocycles. The minimum Gasteiger partial charge on any atom is -0.481 e. The van der Waals surface area contributed by atoms with Gasteiger partial charge in [-0.25, -0.2) is 4.98 Å². The number of nitrogens with one attached hydrogen (secondary N) is 1. The van der Waals surface area contributed by atoms with E-state index in [0.29, 0.717) is 24.5 Å². The van der Waals surface area contributed by atoms with Crippen LogP contribution >= 0.6 is 11.8 Å². The first-order chi connectivity index (χ1) is 10.0. The molecule has 1 aliphatic rings. The average Bonchev–Trinajstić information content (AvgIpc) is 2.92. The predicted octanol–water partition coefficient (Wildman–Crippen LogP) is 0.580. The summed E-state index contributed by atoms with van der Waals surface area (Å²) in [4.78, 5) is 39.3. The van der Waals surface area contributed by atoms with Crippen LogP contribution in [0.15, 0.2) is 16.1 Å². The van der Waals surface area contributed by atoms with Crippen LogP contribution in [0, 0.1) is 5.92 Å². The van der Waals surface area contributed by atoms with Crippen LogP contribution in [-0.2, 0) is 11.3 Å². The second-order valence-corrected chi connectivity index (χ2v) is 5.86. The fraction of sp³-hybridized carbons (Fsp3) is 0.538. The monoisotopic (exact) mass is 311 g/mol. The number of amides is 1. The molecule has 1 amide bonds. The third-order valence-corrected chi connectivity index (χ3v) is 4.27. The molecule has 1 aromatic heterocycles. The van der Waals surface area contributed by atoms with Crippen LogP contribution < -0.4 is 10.9 Å². The second-order valence-electron chi connectivity index (χ2n) is 4.79. The molecular formula is C13H17N3O4S. The van der Waals surface area contributed by atoms with Gasteiger partial charge in [-0.1, -0.05) is 25.1 Å². The van der Waals surface area contributed by atoms with E-state index < -0.39 is 17.8 Å². The quantitative estimate of drug-likeness (QED) is 0.745. The lowest BCUT2D eigenvalue weighted by Crippen LogP contribution is -2.37. The minimum atomic E-state index is -0.947. The van der Waals surface area contributed by atoms with E-state index in [0.717, 1.165) is 5.75 Å². The Morgan fingerprint density at radius 2 is 2.33 bits per heavy atom. The maximum Gasteiger partial charge on any atom is 0.308 e. The van der Waals surface area contributed by atoms with Crippen molar-refractivity contribution >= 4 is 23.6 Å². The first kappa shape index (κ1) is 15.6. The normalized spacial score (nSPS) is 14.5. The molecule has 2 rings (SSSR count). The van der Waals surface area contributed by atoms with Gasteiger partial charge in [0, 0.05) is 25.0 Å². The van der Waals surface area contributed by atoms with Crippen LogP contribution in [-0.4, -0.2) is 38.8 Å². The molecule has 8 heteroatoms. The number of nitrogens with zero attached hydrogens (tertiary/aromatic N) is 2. The van der Waals surface area contributed by atoms with E-state index in [1.165, 1.54) is 22.5 Å². The number of carboxylic acids is 1. The van der Waals surface area contributed by atoms with E-state index in [1.54, 1.807) is 0 Å². The average molecular weight is 311 g/mol. The molecule has 1 unspecified atom stereocenters. The molecule has 1 aliphatic heterocycles. The molecule has 1 atom stereocenters. The second kappa shape index (κ2) is 6.75. The molecule has 2 N–H and O–H groups in total. The van der Waals surface area contributed by atoms with Gasteiger partial charge in [0.05, 0.1) is 5.92 Å². The Kier molecular flexibility index (Phi) is 5.00. The first-order valence-electron chi connectivity index (χ1n) is 6.78. The highest BCUT2D eigenvalue weighted by Crippen LogP contribution is 2.20. The predicted molar refractivity (Wildman–Crippen MR) is 77.6 cm³/mol. The third-order valence-electron chi connectivity index (χ3n) is 3.30. The molecule has 1 aromatic rings. The lowest BCUT2D eigenvalue weighted by atomic mass is 10.0. The summed E-state index contributed by atoms with van der Waals surface area (Å²) in [6.07, 6.45) is 2.46. The third kappa shape index (κ3) is 3.44. The molecule has 0 spiro atoms. The lowest BCUT2D eigenvalue weighted by Gasteiger charge is -2.12. The number of aliphatic carboxylic acids is 1. The summed E-state index contributed by atoms with van der Waals surface area (Å²) in [5.41, 5.74) is -0.410. The fourth-order valence-corrected chi connectivity index (χ4v) is 3.06. The fourth-order valence-electron chi connectivity index (χ4n) is 2.15. The number of rotatable bonds is 6. The summed E-state index contributed by atoms with van der Waals surface area (Å²) in [7, 11) is 0. The summed E-state index contributed by atoms with van der Waals surface area (Å²) < 4.78 is 1.47. The highest BCUT2D eigenvalue weighted by molar-refractivity contribution is 7.99. The van der Waals surface area contributed by atoms with Gasteiger partial charge < -0.3 is 10.4 Å². The Labute approximate surface area is 125 Å². The summed E-state index contributed by atoms with van der Waals surface area (Å²) in [6.45, 7) is 2.44. The maximum absolute atomic E-state index is 12.1. The van der Waals surface area contributed by atoms with Crippen LogP contribution in [0.3, 0.4) is 0 Å². The van der Waals surface area contributed by atoms with Crippen molar-refractivity contribution in [3.63, 3.8) is 0 Å². The lowest BCUT2D eigenvalue weighted by molar-refractivity contribution is -0.141. The van der Waals surface area contributed by atoms with Crippen LogP contribution in [0.4, 0.5) is 0 Å². The first-order valence-corrected chi connectivity index (χ1v) is 7.76. The summed E-state index contributed by atoms with van der Waals surface area (Å²) in [5, 5.41) is 12.2. The van der Waals surface area contributed by atoms with Gasteiger partial charge in [0.15, 0.2) is 5.16 Å². The van der Waals surface area contributed by atoms with Gasteiger partial charge in [-0.15, -0.1) is 0 Å². The number of fused-ring (bicyclic) bond motifs is 1. The van der Waals surface area contributed by atoms with Crippen molar-refractivity contribution < 1.29 is 14.7 Å². The van der Waals surface area contributed by atoms with Gasteiger partial charge in [0.2, 0.25) is 0 Å². The van der Waals surface area contributed by atoms with Crippen LogP contribution in [0.25, 0.3) is 0 Å². The Morgan fingerprint density at radius 1 is 1.57 bits per heavy atom. The Morgan fingerprint density at radius 3 is 3.00 bits per heavy atom. The van der Waals surface area contributed by atoms with Gasteiger partial charge in [0.1, 0.15) is 5.56 Å². The molecule has 0 radical (unpaired) electrons. The SMILES string of the molecule is CCCC(CNC(=O)c1cnc2n(c1=O)CCS2)C(=O)O. The van der Waals surface area contributed by atoms with E-state index in [1.807, 2.05) is 6.92 Å². The molecule has 0 saturated heterocycles. The van der Waals surface area contributed by atoms with Crippen LogP contribution in [0.2, 0.25) is 0 Å². The summed E-state index contributed by atoms with van der Waals surface area (Å²) in [5.74, 6) is -1.38. The zero-order valence-electron chi connectivity index (χ0n) is 11.7. The molecule has 114 valence electrons. The molecule has 21 heavy (non-hydrogen) atoms. The molecule has 7 nitrogen and oxygen atoms in total. The molecule has 0 saturated carbocycles. The number of carbonyl (C=O) groups is 2. The molecule has 2 heterocycles. The summed E-state index contributed by atoms with van der Waals surface area (Å²) >= 11 is 1.47. The van der Waals surface area contributed by atoms with Crippen molar-refractivity contribution in [2.45, 2.75) is 31.5 Å². The number of carbonyl (C=O) groups excluding carboxylic acids is 1. The maximum atomic E-state index is 12.1. The zero-order chi connectivity index (χ0) is 15.4. The van der Waals surface area contributed by atoms with Crippen LogP contribution in [0.1, 0.15) is 30.1 Å². The molecular weight excluding hydrogens is 294 g/mol. The van der Waals surface area contributed by atoms with E-state index in [4.69, 9.17) is 5.11 Å². The molecule has 0 aliphatic carbocycles. The largest absolute Gasteiger partial charge is 0.481 e. The Hall–Kier alpha value is -1.83. The highest BCUT2D eigenvalue weighted by atomic mass is 32.2. The summed E-state index contributed by atoms with van der Waals surface area (Å²) in [6, 6.07) is 0. The zero-order valence-corrected chi connectivity index (χ0v) is 12.5. The van der Waals surface area contributed by atoms with Crippen molar-refractivity contribution in [1.82, 2.24) is 14.9 Å². The van der Waals surface area contributed by atoms with Crippen molar-refractivity contribution in [2.75, 3.05) is 12.3 Å². The van der Waals surface area contributed by atoms with Gasteiger partial charge >= 0.3 is 5.97 Å². The van der Waals surface area contributed by atoms with Crippen molar-refractivity contribution in [3.05, 3.63) is 22.1 Å². The van der Waals surface area contributed by atoms with Crippen molar-refractivity contribution in [2.24, 2.45) is 5.92 Å². The Bertz CT molecular complexity index is 614. The van der Waals surface area contributed by atoms with Gasteiger partial charge in [0.25, 0.3) is 11.5 Å². The van der Waals surface area contributed by atoms with E-state index in [-0.39, 0.29) is 17.7 Å². The van der Waals surface area contributed by atoms with Crippen molar-refractivity contribution in [3.8, 4) is 0 Å². The van der Waals surface area contributed by atoms with Gasteiger partial charge in [-0.3, -0.25) is 19.0 Å². The topological polar surface area (TPSA) is 101 Å². The van der Waals surface area contributed by atoms with Gasteiger partial charge in [-0.2, -0.15) is 0 Å². The number of aromatic nitrogens is 2. The Balaban J connectivity index is 2.07. The smallest absolute Gasteiger partial charge is 0.308 e. The van der Waals surface area contributed by atoms with E-state index in [2.05, 4.69) is 10.3 Å². The number of hydrogen-bond donors (Lipinski definition) is 2. The number of carboxylic acid groups (broad SMARTS) is 1. The standard InChI is InChI=1S/C13H17N3O4S/c1-2-3-8(12(19)20)6-14-10(17)9-7-15-13-16(11(9)18)4-5-21-13/h7-8H,2-6H2,1H3,(H,14,17)(H,19,20). The minimum absolute atomic E-state index is 0.0119. The molecule has 0 bridgehead atoms. The number of thioether (sulfide) groups is 1. The van der Waals surface area contributed by atoms with Gasteiger partial charge in [-0.05, 0) is 6.42 Å². The number of hydrogen-bond acceptors (Lipinski definition) is 5. The van der Waals surface area contributed by atoms with E-state index in [9.17, 15) is 14.4 Å². The molecule has 0 fully saturated rings. The highest BCUT2D eigenvalue weighted by Gasteiger charge is 2.22. The van der Waals surface area contributed by atoms with Crippen LogP contribution in [0.5, 0.6) is 0 Å². The van der Waals surface area contributed by atoms with Crippen molar-refractivity contribution in [1.29, 1.82) is 0 Å².